The molecule has 0 fully saturated rings. The van der Waals surface area contributed by atoms with Gasteiger partial charge in [0, 0.05) is 16.9 Å². The molecule has 5 heteroatoms. The van der Waals surface area contributed by atoms with E-state index in [-0.39, 0.29) is 18.4 Å². The molecule has 0 saturated heterocycles. The van der Waals surface area contributed by atoms with Gasteiger partial charge in [0.1, 0.15) is 5.75 Å². The highest BCUT2D eigenvalue weighted by Crippen LogP contribution is 2.15. The Hall–Kier alpha value is -3.60. The monoisotopic (exact) mass is 374 g/mol. The molecule has 142 valence electrons. The minimum atomic E-state index is -0.289. The van der Waals surface area contributed by atoms with E-state index in [1.54, 1.807) is 24.3 Å². The summed E-state index contributed by atoms with van der Waals surface area (Å²) in [6.45, 7) is 1.96. The van der Waals surface area contributed by atoms with Crippen molar-refractivity contribution in [3.63, 3.8) is 0 Å². The van der Waals surface area contributed by atoms with Gasteiger partial charge in [-0.05, 0) is 54.4 Å². The molecule has 5 nitrogen and oxygen atoms in total. The van der Waals surface area contributed by atoms with Crippen LogP contribution in [0.2, 0.25) is 0 Å². The molecule has 0 aliphatic carbocycles. The molecular formula is C23H22N2O3. The molecule has 0 aliphatic rings. The van der Waals surface area contributed by atoms with Gasteiger partial charge in [-0.25, -0.2) is 0 Å². The lowest BCUT2D eigenvalue weighted by Gasteiger charge is -2.10. The van der Waals surface area contributed by atoms with Crippen molar-refractivity contribution in [2.75, 3.05) is 17.2 Å². The van der Waals surface area contributed by atoms with Crippen LogP contribution < -0.4 is 15.4 Å². The number of rotatable bonds is 7. The van der Waals surface area contributed by atoms with Gasteiger partial charge in [-0.3, -0.25) is 9.59 Å². The minimum Gasteiger partial charge on any atom is -0.484 e. The SMILES string of the molecule is CCc1cccc(OCC(=O)Nc2cccc(C(=O)Nc3ccccc3)c2)c1. The van der Waals surface area contributed by atoms with Gasteiger partial charge in [0.05, 0.1) is 0 Å². The Balaban J connectivity index is 1.57. The molecule has 0 atom stereocenters. The van der Waals surface area contributed by atoms with Crippen molar-refractivity contribution in [3.05, 3.63) is 90.0 Å². The van der Waals surface area contributed by atoms with E-state index in [1.807, 2.05) is 54.6 Å². The van der Waals surface area contributed by atoms with Crippen LogP contribution in [0.3, 0.4) is 0 Å². The quantitative estimate of drug-likeness (QED) is 0.639. The topological polar surface area (TPSA) is 67.4 Å². The minimum absolute atomic E-state index is 0.104. The molecule has 0 bridgehead atoms. The van der Waals surface area contributed by atoms with Crippen LogP contribution in [0.4, 0.5) is 11.4 Å². The Morgan fingerprint density at radius 2 is 1.57 bits per heavy atom. The van der Waals surface area contributed by atoms with Crippen LogP contribution in [0.5, 0.6) is 5.75 Å². The number of nitrogens with one attached hydrogen (secondary N) is 2. The number of amides is 2. The zero-order valence-electron chi connectivity index (χ0n) is 15.6. The molecule has 2 amide bonds. The summed E-state index contributed by atoms with van der Waals surface area (Å²) in [6, 6.07) is 23.6. The van der Waals surface area contributed by atoms with Crippen LogP contribution in [-0.2, 0) is 11.2 Å². The van der Waals surface area contributed by atoms with E-state index < -0.39 is 0 Å². The lowest BCUT2D eigenvalue weighted by Crippen LogP contribution is -2.20. The lowest BCUT2D eigenvalue weighted by atomic mass is 10.1. The first-order valence-electron chi connectivity index (χ1n) is 9.12. The summed E-state index contributed by atoms with van der Waals surface area (Å²) in [6.07, 6.45) is 0.904. The molecule has 0 unspecified atom stereocenters. The molecule has 3 aromatic rings. The van der Waals surface area contributed by atoms with Gasteiger partial charge < -0.3 is 15.4 Å². The summed E-state index contributed by atoms with van der Waals surface area (Å²) in [5.74, 6) is 0.128. The second-order valence-electron chi connectivity index (χ2n) is 6.24. The third kappa shape index (κ3) is 5.45. The predicted molar refractivity (Wildman–Crippen MR) is 111 cm³/mol. The number of hydrogen-bond acceptors (Lipinski definition) is 3. The fourth-order valence-electron chi connectivity index (χ4n) is 2.66. The summed E-state index contributed by atoms with van der Waals surface area (Å²) in [4.78, 5) is 24.6. The van der Waals surface area contributed by atoms with Gasteiger partial charge in [0.15, 0.2) is 6.61 Å². The maximum Gasteiger partial charge on any atom is 0.262 e. The number of aryl methyl sites for hydroxylation is 1. The third-order valence-electron chi connectivity index (χ3n) is 4.12. The summed E-state index contributed by atoms with van der Waals surface area (Å²) >= 11 is 0. The smallest absolute Gasteiger partial charge is 0.262 e. The second kappa shape index (κ2) is 9.37. The number of hydrogen-bond donors (Lipinski definition) is 2. The first-order chi connectivity index (χ1) is 13.6. The third-order valence-corrected chi connectivity index (χ3v) is 4.12. The summed E-state index contributed by atoms with van der Waals surface area (Å²) in [5, 5.41) is 5.58. The Morgan fingerprint density at radius 3 is 2.36 bits per heavy atom. The van der Waals surface area contributed by atoms with Gasteiger partial charge >= 0.3 is 0 Å². The molecule has 3 rings (SSSR count). The maximum absolute atomic E-state index is 12.4. The van der Waals surface area contributed by atoms with E-state index in [0.29, 0.717) is 22.7 Å². The van der Waals surface area contributed by atoms with Crippen molar-refractivity contribution in [2.45, 2.75) is 13.3 Å². The molecule has 0 radical (unpaired) electrons. The van der Waals surface area contributed by atoms with Crippen LogP contribution in [0.25, 0.3) is 0 Å². The van der Waals surface area contributed by atoms with Crippen molar-refractivity contribution in [1.82, 2.24) is 0 Å². The van der Waals surface area contributed by atoms with Gasteiger partial charge in [0.25, 0.3) is 11.8 Å². The zero-order valence-corrected chi connectivity index (χ0v) is 15.6. The Bertz CT molecular complexity index is 955. The van der Waals surface area contributed by atoms with Crippen LogP contribution in [0.1, 0.15) is 22.8 Å². The second-order valence-corrected chi connectivity index (χ2v) is 6.24. The molecule has 2 N–H and O–H groups in total. The van der Waals surface area contributed by atoms with E-state index in [2.05, 4.69) is 17.6 Å². The van der Waals surface area contributed by atoms with Crippen LogP contribution >= 0.6 is 0 Å². The van der Waals surface area contributed by atoms with Crippen molar-refractivity contribution in [2.24, 2.45) is 0 Å². The maximum atomic E-state index is 12.4. The molecule has 0 aliphatic heterocycles. The lowest BCUT2D eigenvalue weighted by molar-refractivity contribution is -0.118. The van der Waals surface area contributed by atoms with Gasteiger partial charge in [-0.1, -0.05) is 43.3 Å². The Labute approximate surface area is 164 Å². The molecular weight excluding hydrogens is 352 g/mol. The first-order valence-corrected chi connectivity index (χ1v) is 9.12. The van der Waals surface area contributed by atoms with Gasteiger partial charge in [-0.15, -0.1) is 0 Å². The molecule has 3 aromatic carbocycles. The molecule has 0 saturated carbocycles. The first kappa shape index (κ1) is 19.2. The van der Waals surface area contributed by atoms with Crippen molar-refractivity contribution >= 4 is 23.2 Å². The number of carbonyl (C=O) groups is 2. The standard InChI is InChI=1S/C23H22N2O3/c1-2-17-8-6-13-21(14-17)28-16-22(26)24-20-12-7-9-18(15-20)23(27)25-19-10-4-3-5-11-19/h3-15H,2,16H2,1H3,(H,24,26)(H,25,27). The molecule has 0 aromatic heterocycles. The normalized spacial score (nSPS) is 10.2. The number of carbonyl (C=O) groups excluding carboxylic acids is 2. The molecule has 0 heterocycles. The summed E-state index contributed by atoms with van der Waals surface area (Å²) in [5.41, 5.74) is 2.86. The van der Waals surface area contributed by atoms with Crippen LogP contribution in [0, 0.1) is 0 Å². The highest BCUT2D eigenvalue weighted by molar-refractivity contribution is 6.05. The number of benzene rings is 3. The van der Waals surface area contributed by atoms with Crippen molar-refractivity contribution < 1.29 is 14.3 Å². The fraction of sp³-hybridized carbons (Fsp3) is 0.130. The van der Waals surface area contributed by atoms with Crippen molar-refractivity contribution in [3.8, 4) is 5.75 Å². The van der Waals surface area contributed by atoms with Crippen LogP contribution in [-0.4, -0.2) is 18.4 Å². The van der Waals surface area contributed by atoms with E-state index in [1.165, 1.54) is 0 Å². The predicted octanol–water partition coefficient (Wildman–Crippen LogP) is 4.52. The van der Waals surface area contributed by atoms with Crippen molar-refractivity contribution in [1.29, 1.82) is 0 Å². The van der Waals surface area contributed by atoms with E-state index in [9.17, 15) is 9.59 Å². The number of anilines is 2. The molecule has 28 heavy (non-hydrogen) atoms. The Kier molecular flexibility index (Phi) is 6.41. The number of ether oxygens (including phenoxy) is 1. The van der Waals surface area contributed by atoms with E-state index in [0.717, 1.165) is 12.0 Å². The highest BCUT2D eigenvalue weighted by atomic mass is 16.5. The largest absolute Gasteiger partial charge is 0.484 e. The zero-order chi connectivity index (χ0) is 19.8. The Morgan fingerprint density at radius 1 is 0.821 bits per heavy atom. The highest BCUT2D eigenvalue weighted by Gasteiger charge is 2.09. The fourth-order valence-corrected chi connectivity index (χ4v) is 2.66. The van der Waals surface area contributed by atoms with Gasteiger partial charge in [-0.2, -0.15) is 0 Å². The summed E-state index contributed by atoms with van der Waals surface area (Å²) < 4.78 is 5.55. The molecule has 0 spiro atoms. The summed E-state index contributed by atoms with van der Waals surface area (Å²) in [7, 11) is 0. The average molecular weight is 374 g/mol. The van der Waals surface area contributed by atoms with E-state index in [4.69, 9.17) is 4.74 Å². The van der Waals surface area contributed by atoms with E-state index >= 15 is 0 Å². The van der Waals surface area contributed by atoms with Crippen LogP contribution in [0.15, 0.2) is 78.9 Å². The number of para-hydroxylation sites is 1. The average Bonchev–Trinajstić information content (AvgIpc) is 2.73. The van der Waals surface area contributed by atoms with Gasteiger partial charge in [0.2, 0.25) is 0 Å².